The summed E-state index contributed by atoms with van der Waals surface area (Å²) < 4.78 is 0. The molecule has 19 heavy (non-hydrogen) atoms. The molecule has 1 heterocycles. The van der Waals surface area contributed by atoms with E-state index in [4.69, 9.17) is 0 Å². The first-order valence-corrected chi connectivity index (χ1v) is 7.95. The highest BCUT2D eigenvalue weighted by Gasteiger charge is 2.14. The summed E-state index contributed by atoms with van der Waals surface area (Å²) in [5.41, 5.74) is 4.26. The van der Waals surface area contributed by atoms with E-state index in [0.717, 1.165) is 17.7 Å². The van der Waals surface area contributed by atoms with Crippen molar-refractivity contribution in [2.75, 3.05) is 0 Å². The van der Waals surface area contributed by atoms with Crippen molar-refractivity contribution >= 4 is 11.3 Å². The molecule has 1 aliphatic carbocycles. The van der Waals surface area contributed by atoms with Crippen LogP contribution in [0.15, 0.2) is 30.3 Å². The Kier molecular flexibility index (Phi) is 3.72. The van der Waals surface area contributed by atoms with Gasteiger partial charge in [0.25, 0.3) is 0 Å². The maximum absolute atomic E-state index is 10.3. The summed E-state index contributed by atoms with van der Waals surface area (Å²) in [5.74, 6) is 0. The fraction of sp³-hybridized carbons (Fsp3) is 0.412. The van der Waals surface area contributed by atoms with E-state index >= 15 is 0 Å². The van der Waals surface area contributed by atoms with Gasteiger partial charge in [0, 0.05) is 16.2 Å². The molecule has 0 aliphatic heterocycles. The van der Waals surface area contributed by atoms with Crippen molar-refractivity contribution in [1.29, 1.82) is 0 Å². The lowest BCUT2D eigenvalue weighted by Crippen LogP contribution is -2.00. The quantitative estimate of drug-likeness (QED) is 0.889. The number of thiophene rings is 1. The zero-order valence-electron chi connectivity index (χ0n) is 11.4. The van der Waals surface area contributed by atoms with E-state index in [2.05, 4.69) is 37.3 Å². The minimum Gasteiger partial charge on any atom is -0.387 e. The molecule has 1 aromatic heterocycles. The molecule has 0 saturated carbocycles. The molecule has 1 unspecified atom stereocenters. The van der Waals surface area contributed by atoms with Gasteiger partial charge in [-0.2, -0.15) is 0 Å². The minimum absolute atomic E-state index is 0.357. The Morgan fingerprint density at radius 2 is 2.00 bits per heavy atom. The first-order chi connectivity index (χ1) is 9.26. The number of benzene rings is 1. The van der Waals surface area contributed by atoms with Gasteiger partial charge >= 0.3 is 0 Å². The average Bonchev–Trinajstić information content (AvgIpc) is 3.06. The molecule has 1 N–H and O–H groups in total. The zero-order valence-corrected chi connectivity index (χ0v) is 12.2. The molecule has 1 aromatic carbocycles. The monoisotopic (exact) mass is 272 g/mol. The molecule has 0 saturated heterocycles. The first kappa shape index (κ1) is 12.9. The lowest BCUT2D eigenvalue weighted by atomic mass is 10.0. The van der Waals surface area contributed by atoms with E-state index in [1.165, 1.54) is 40.8 Å². The molecule has 1 nitrogen and oxygen atoms in total. The summed E-state index contributed by atoms with van der Waals surface area (Å²) in [6, 6.07) is 10.9. The van der Waals surface area contributed by atoms with E-state index in [1.807, 2.05) is 0 Å². The van der Waals surface area contributed by atoms with Crippen LogP contribution in [0.4, 0.5) is 0 Å². The van der Waals surface area contributed by atoms with E-state index in [1.54, 1.807) is 11.3 Å². The molecule has 3 rings (SSSR count). The normalized spacial score (nSPS) is 15.5. The first-order valence-electron chi connectivity index (χ1n) is 7.13. The summed E-state index contributed by atoms with van der Waals surface area (Å²) in [6.45, 7) is 2.16. The molecule has 0 fully saturated rings. The van der Waals surface area contributed by atoms with Crippen LogP contribution in [0.25, 0.3) is 0 Å². The van der Waals surface area contributed by atoms with Crippen LogP contribution < -0.4 is 0 Å². The van der Waals surface area contributed by atoms with Crippen LogP contribution in [0.2, 0.25) is 0 Å². The Labute approximate surface area is 118 Å². The lowest BCUT2D eigenvalue weighted by molar-refractivity contribution is 0.182. The Morgan fingerprint density at radius 3 is 2.79 bits per heavy atom. The standard InChI is InChI=1S/C17H20OS/c1-2-15-8-9-17(19-15)16(18)11-12-6-7-13-4-3-5-14(13)10-12/h6-10,16,18H,2-5,11H2,1H3. The Balaban J connectivity index is 1.73. The highest BCUT2D eigenvalue weighted by molar-refractivity contribution is 7.12. The van der Waals surface area contributed by atoms with Gasteiger partial charge in [0.1, 0.15) is 0 Å². The van der Waals surface area contributed by atoms with Crippen molar-refractivity contribution in [2.24, 2.45) is 0 Å². The number of hydrogen-bond donors (Lipinski definition) is 1. The van der Waals surface area contributed by atoms with Gasteiger partial charge in [-0.05, 0) is 54.5 Å². The Bertz CT molecular complexity index is 570. The number of fused-ring (bicyclic) bond motifs is 1. The van der Waals surface area contributed by atoms with E-state index < -0.39 is 0 Å². The predicted octanol–water partition coefficient (Wildman–Crippen LogP) is 4.08. The van der Waals surface area contributed by atoms with Crippen molar-refractivity contribution in [1.82, 2.24) is 0 Å². The van der Waals surface area contributed by atoms with Crippen LogP contribution in [0.5, 0.6) is 0 Å². The van der Waals surface area contributed by atoms with Crippen LogP contribution in [0.3, 0.4) is 0 Å². The summed E-state index contributed by atoms with van der Waals surface area (Å²) in [4.78, 5) is 2.44. The van der Waals surface area contributed by atoms with E-state index in [9.17, 15) is 5.11 Å². The van der Waals surface area contributed by atoms with E-state index in [-0.39, 0.29) is 6.10 Å². The second kappa shape index (κ2) is 5.48. The molecule has 1 aliphatic rings. The van der Waals surface area contributed by atoms with Gasteiger partial charge in [0.05, 0.1) is 6.10 Å². The molecule has 0 bridgehead atoms. The molecule has 2 heteroatoms. The van der Waals surface area contributed by atoms with Crippen molar-refractivity contribution in [3.05, 3.63) is 56.8 Å². The maximum Gasteiger partial charge on any atom is 0.0922 e. The molecule has 0 amide bonds. The number of aliphatic hydroxyl groups is 1. The number of aryl methyl sites for hydroxylation is 3. The van der Waals surface area contributed by atoms with Crippen LogP contribution in [0, 0.1) is 0 Å². The third kappa shape index (κ3) is 2.75. The highest BCUT2D eigenvalue weighted by atomic mass is 32.1. The Morgan fingerprint density at radius 1 is 1.16 bits per heavy atom. The predicted molar refractivity (Wildman–Crippen MR) is 80.8 cm³/mol. The van der Waals surface area contributed by atoms with Gasteiger partial charge in [-0.15, -0.1) is 11.3 Å². The number of aliphatic hydroxyl groups excluding tert-OH is 1. The summed E-state index contributed by atoms with van der Waals surface area (Å²) >= 11 is 1.74. The fourth-order valence-corrected chi connectivity index (χ4v) is 3.78. The molecule has 0 spiro atoms. The minimum atomic E-state index is -0.357. The van der Waals surface area contributed by atoms with Crippen LogP contribution >= 0.6 is 11.3 Å². The third-order valence-electron chi connectivity index (χ3n) is 3.95. The summed E-state index contributed by atoms with van der Waals surface area (Å²) in [7, 11) is 0. The molecule has 2 aromatic rings. The largest absolute Gasteiger partial charge is 0.387 e. The van der Waals surface area contributed by atoms with Crippen LogP contribution in [-0.4, -0.2) is 5.11 Å². The van der Waals surface area contributed by atoms with Crippen molar-refractivity contribution in [3.63, 3.8) is 0 Å². The summed E-state index contributed by atoms with van der Waals surface area (Å²) in [6.07, 6.45) is 5.14. The van der Waals surface area contributed by atoms with Crippen molar-refractivity contribution in [2.45, 2.75) is 45.1 Å². The second-order valence-electron chi connectivity index (χ2n) is 5.33. The zero-order chi connectivity index (χ0) is 13.2. The highest BCUT2D eigenvalue weighted by Crippen LogP contribution is 2.28. The van der Waals surface area contributed by atoms with Crippen molar-refractivity contribution in [3.8, 4) is 0 Å². The van der Waals surface area contributed by atoms with E-state index in [0.29, 0.717) is 0 Å². The van der Waals surface area contributed by atoms with Crippen molar-refractivity contribution < 1.29 is 5.11 Å². The topological polar surface area (TPSA) is 20.2 Å². The van der Waals surface area contributed by atoms with Crippen LogP contribution in [-0.2, 0) is 25.7 Å². The molecule has 1 atom stereocenters. The molecule has 100 valence electrons. The second-order valence-corrected chi connectivity index (χ2v) is 6.53. The van der Waals surface area contributed by atoms with Gasteiger partial charge in [-0.1, -0.05) is 25.1 Å². The molecular weight excluding hydrogens is 252 g/mol. The van der Waals surface area contributed by atoms with Gasteiger partial charge < -0.3 is 5.11 Å². The maximum atomic E-state index is 10.3. The fourth-order valence-electron chi connectivity index (χ4n) is 2.84. The van der Waals surface area contributed by atoms with Gasteiger partial charge in [0.15, 0.2) is 0 Å². The van der Waals surface area contributed by atoms with Gasteiger partial charge in [-0.3, -0.25) is 0 Å². The molecular formula is C17H20OS. The smallest absolute Gasteiger partial charge is 0.0922 e. The number of hydrogen-bond acceptors (Lipinski definition) is 2. The third-order valence-corrected chi connectivity index (χ3v) is 5.28. The molecule has 0 radical (unpaired) electrons. The SMILES string of the molecule is CCc1ccc(C(O)Cc2ccc3c(c2)CCC3)s1. The lowest BCUT2D eigenvalue weighted by Gasteiger charge is -2.10. The van der Waals surface area contributed by atoms with Gasteiger partial charge in [-0.25, -0.2) is 0 Å². The Hall–Kier alpha value is -1.12. The number of rotatable bonds is 4. The summed E-state index contributed by atoms with van der Waals surface area (Å²) in [5, 5.41) is 10.3. The van der Waals surface area contributed by atoms with Gasteiger partial charge in [0.2, 0.25) is 0 Å². The average molecular weight is 272 g/mol. The van der Waals surface area contributed by atoms with Crippen LogP contribution in [0.1, 0.15) is 45.9 Å².